The molecule has 1 heterocycles. The number of aromatic nitrogens is 1. The predicted octanol–water partition coefficient (Wildman–Crippen LogP) is 0.506. The van der Waals surface area contributed by atoms with Gasteiger partial charge in [-0.3, -0.25) is 0 Å². The average molecular weight is 161 g/mol. The van der Waals surface area contributed by atoms with E-state index in [-0.39, 0.29) is 0 Å². The molecule has 0 aliphatic heterocycles. The van der Waals surface area contributed by atoms with E-state index in [0.29, 0.717) is 5.69 Å². The number of nitrogens with one attached hydrogen (secondary N) is 1. The molecular weight excluding hydrogens is 154 g/mol. The van der Waals surface area contributed by atoms with Gasteiger partial charge < -0.3 is 10.1 Å². The van der Waals surface area contributed by atoms with Crippen molar-refractivity contribution in [2.45, 2.75) is 12.0 Å². The van der Waals surface area contributed by atoms with Crippen LogP contribution in [0.2, 0.25) is 0 Å². The molecule has 1 aromatic rings. The summed E-state index contributed by atoms with van der Waals surface area (Å²) < 4.78 is 0. The lowest BCUT2D eigenvalue weighted by Gasteiger charge is -2.06. The van der Waals surface area contributed by atoms with Gasteiger partial charge in [-0.2, -0.15) is 10.5 Å². The molecule has 60 valence electrons. The van der Waals surface area contributed by atoms with Gasteiger partial charge in [-0.1, -0.05) is 0 Å². The van der Waals surface area contributed by atoms with Crippen molar-refractivity contribution >= 4 is 0 Å². The summed E-state index contributed by atoms with van der Waals surface area (Å²) in [5.74, 6) is -0.787. The van der Waals surface area contributed by atoms with Crippen molar-refractivity contribution in [3.8, 4) is 12.1 Å². The Labute approximate surface area is 69.7 Å². The highest BCUT2D eigenvalue weighted by molar-refractivity contribution is 5.22. The molecule has 4 heteroatoms. The summed E-state index contributed by atoms with van der Waals surface area (Å²) in [4.78, 5) is 2.77. The van der Waals surface area contributed by atoms with Crippen molar-refractivity contribution in [2.75, 3.05) is 0 Å². The first-order valence-electron chi connectivity index (χ1n) is 3.40. The van der Waals surface area contributed by atoms with Crippen molar-refractivity contribution in [1.29, 1.82) is 10.5 Å². The van der Waals surface area contributed by atoms with Crippen LogP contribution in [0.1, 0.15) is 11.6 Å². The highest BCUT2D eigenvalue weighted by Crippen LogP contribution is 2.15. The second-order valence-corrected chi connectivity index (χ2v) is 2.31. The van der Waals surface area contributed by atoms with E-state index >= 15 is 0 Å². The van der Waals surface area contributed by atoms with Crippen LogP contribution in [0.15, 0.2) is 18.3 Å². The molecule has 0 aliphatic carbocycles. The summed E-state index contributed by atoms with van der Waals surface area (Å²) in [5, 5.41) is 26.1. The van der Waals surface area contributed by atoms with Crippen molar-refractivity contribution in [1.82, 2.24) is 4.98 Å². The Morgan fingerprint density at radius 2 is 2.17 bits per heavy atom. The number of aliphatic hydroxyl groups is 1. The van der Waals surface area contributed by atoms with E-state index in [1.807, 2.05) is 6.07 Å². The van der Waals surface area contributed by atoms with E-state index in [1.54, 1.807) is 24.4 Å². The average Bonchev–Trinajstić information content (AvgIpc) is 2.58. The maximum atomic E-state index is 9.09. The molecule has 1 rings (SSSR count). The number of hydrogen-bond acceptors (Lipinski definition) is 3. The van der Waals surface area contributed by atoms with E-state index in [4.69, 9.17) is 15.6 Å². The first-order valence-corrected chi connectivity index (χ1v) is 3.40. The number of nitrogens with zero attached hydrogens (tertiary/aromatic N) is 2. The number of nitriles is 2. The lowest BCUT2D eigenvalue weighted by molar-refractivity contribution is 0.215. The Morgan fingerprint density at radius 3 is 2.58 bits per heavy atom. The molecule has 4 nitrogen and oxygen atoms in total. The van der Waals surface area contributed by atoms with Gasteiger partial charge in [0.1, 0.15) is 5.92 Å². The van der Waals surface area contributed by atoms with Crippen LogP contribution in [0, 0.1) is 22.7 Å². The topological polar surface area (TPSA) is 83.6 Å². The molecule has 12 heavy (non-hydrogen) atoms. The molecule has 0 bridgehead atoms. The molecule has 0 radical (unpaired) electrons. The van der Waals surface area contributed by atoms with Gasteiger partial charge in [0.05, 0.1) is 12.1 Å². The third-order valence-electron chi connectivity index (χ3n) is 1.54. The molecule has 2 atom stereocenters. The standard InChI is InChI=1S/C8H7N3O/c9-4-6(8(12)5-10)7-2-1-3-11-7/h1-3,6,8,11-12H. The number of aromatic amines is 1. The fraction of sp³-hybridized carbons (Fsp3) is 0.250. The van der Waals surface area contributed by atoms with E-state index < -0.39 is 12.0 Å². The van der Waals surface area contributed by atoms with Crippen LogP contribution in [0.25, 0.3) is 0 Å². The molecule has 1 aromatic heterocycles. The minimum Gasteiger partial charge on any atom is -0.376 e. The lowest BCUT2D eigenvalue weighted by Crippen LogP contribution is -2.14. The fourth-order valence-electron chi connectivity index (χ4n) is 0.922. The summed E-state index contributed by atoms with van der Waals surface area (Å²) in [6.45, 7) is 0. The Kier molecular flexibility index (Phi) is 2.47. The van der Waals surface area contributed by atoms with Crippen LogP contribution >= 0.6 is 0 Å². The molecular formula is C8H7N3O. The van der Waals surface area contributed by atoms with Crippen molar-refractivity contribution in [3.05, 3.63) is 24.0 Å². The first-order chi connectivity index (χ1) is 5.79. The summed E-state index contributed by atoms with van der Waals surface area (Å²) in [7, 11) is 0. The summed E-state index contributed by atoms with van der Waals surface area (Å²) >= 11 is 0. The Hall–Kier alpha value is -1.78. The quantitative estimate of drug-likeness (QED) is 0.619. The molecule has 2 N–H and O–H groups in total. The van der Waals surface area contributed by atoms with Gasteiger partial charge in [-0.15, -0.1) is 0 Å². The van der Waals surface area contributed by atoms with E-state index in [2.05, 4.69) is 4.98 Å². The zero-order valence-corrected chi connectivity index (χ0v) is 6.23. The normalized spacial score (nSPS) is 14.2. The maximum Gasteiger partial charge on any atom is 0.161 e. The monoisotopic (exact) mass is 161 g/mol. The third-order valence-corrected chi connectivity index (χ3v) is 1.54. The SMILES string of the molecule is N#CC(O)C(C#N)c1ccc[nH]1. The minimum atomic E-state index is -1.27. The summed E-state index contributed by atoms with van der Waals surface area (Å²) in [6, 6.07) is 6.84. The van der Waals surface area contributed by atoms with Crippen LogP contribution in [0.5, 0.6) is 0 Å². The fourth-order valence-corrected chi connectivity index (χ4v) is 0.922. The van der Waals surface area contributed by atoms with Gasteiger partial charge in [0.25, 0.3) is 0 Å². The summed E-state index contributed by atoms with van der Waals surface area (Å²) in [6.07, 6.45) is 0.373. The van der Waals surface area contributed by atoms with Gasteiger partial charge in [0.15, 0.2) is 6.10 Å². The Balaban J connectivity index is 2.87. The second-order valence-electron chi connectivity index (χ2n) is 2.31. The van der Waals surface area contributed by atoms with E-state index in [9.17, 15) is 0 Å². The molecule has 0 fully saturated rings. The molecule has 2 unspecified atom stereocenters. The predicted molar refractivity (Wildman–Crippen MR) is 40.8 cm³/mol. The van der Waals surface area contributed by atoms with E-state index in [1.165, 1.54) is 0 Å². The number of aliphatic hydroxyl groups excluding tert-OH is 1. The van der Waals surface area contributed by atoms with Gasteiger partial charge in [-0.05, 0) is 12.1 Å². The van der Waals surface area contributed by atoms with Crippen LogP contribution in [0.3, 0.4) is 0 Å². The Morgan fingerprint density at radius 1 is 1.42 bits per heavy atom. The lowest BCUT2D eigenvalue weighted by atomic mass is 10.0. The van der Waals surface area contributed by atoms with Crippen molar-refractivity contribution in [3.63, 3.8) is 0 Å². The van der Waals surface area contributed by atoms with Crippen molar-refractivity contribution < 1.29 is 5.11 Å². The zero-order valence-electron chi connectivity index (χ0n) is 6.23. The van der Waals surface area contributed by atoms with Gasteiger partial charge in [0, 0.05) is 11.9 Å². The smallest absolute Gasteiger partial charge is 0.161 e. The minimum absolute atomic E-state index is 0.562. The van der Waals surface area contributed by atoms with Gasteiger partial charge in [0.2, 0.25) is 0 Å². The molecule has 0 amide bonds. The van der Waals surface area contributed by atoms with Crippen LogP contribution in [-0.2, 0) is 0 Å². The van der Waals surface area contributed by atoms with Crippen LogP contribution in [0.4, 0.5) is 0 Å². The molecule has 0 aliphatic rings. The van der Waals surface area contributed by atoms with Crippen LogP contribution < -0.4 is 0 Å². The first kappa shape index (κ1) is 8.32. The van der Waals surface area contributed by atoms with Gasteiger partial charge >= 0.3 is 0 Å². The highest BCUT2D eigenvalue weighted by atomic mass is 16.3. The number of H-pyrrole nitrogens is 1. The molecule has 0 saturated heterocycles. The van der Waals surface area contributed by atoms with Crippen molar-refractivity contribution in [2.24, 2.45) is 0 Å². The van der Waals surface area contributed by atoms with Crippen LogP contribution in [-0.4, -0.2) is 16.2 Å². The van der Waals surface area contributed by atoms with Gasteiger partial charge in [-0.25, -0.2) is 0 Å². The Bertz CT molecular complexity index is 317. The third kappa shape index (κ3) is 1.45. The molecule has 0 spiro atoms. The number of rotatable bonds is 2. The largest absolute Gasteiger partial charge is 0.376 e. The van der Waals surface area contributed by atoms with E-state index in [0.717, 1.165) is 0 Å². The maximum absolute atomic E-state index is 9.09. The zero-order chi connectivity index (χ0) is 8.97. The molecule has 0 aromatic carbocycles. The summed E-state index contributed by atoms with van der Waals surface area (Å²) in [5.41, 5.74) is 0.562. The molecule has 0 saturated carbocycles. The second kappa shape index (κ2) is 3.56. The highest BCUT2D eigenvalue weighted by Gasteiger charge is 2.20. The number of hydrogen-bond donors (Lipinski definition) is 2.